The van der Waals surface area contributed by atoms with Crippen LogP contribution in [0.5, 0.6) is 5.75 Å². The van der Waals surface area contributed by atoms with Gasteiger partial charge >= 0.3 is 5.97 Å². The smallest absolute Gasteiger partial charge is 0.303 e. The molecule has 0 bridgehead atoms. The second-order valence-corrected chi connectivity index (χ2v) is 9.61. The van der Waals surface area contributed by atoms with E-state index < -0.39 is 5.97 Å². The Balaban J connectivity index is 1.43. The lowest BCUT2D eigenvalue weighted by Crippen LogP contribution is -2.32. The highest BCUT2D eigenvalue weighted by molar-refractivity contribution is 6.30. The van der Waals surface area contributed by atoms with E-state index in [1.54, 1.807) is 36.4 Å². The zero-order chi connectivity index (χ0) is 26.6. The Morgan fingerprint density at radius 1 is 1.03 bits per heavy atom. The lowest BCUT2D eigenvalue weighted by molar-refractivity contribution is -0.137. The third-order valence-corrected chi connectivity index (χ3v) is 6.74. The van der Waals surface area contributed by atoms with Gasteiger partial charge in [0, 0.05) is 34.6 Å². The van der Waals surface area contributed by atoms with Crippen LogP contribution in [-0.2, 0) is 11.2 Å². The highest BCUT2D eigenvalue weighted by Crippen LogP contribution is 2.33. The summed E-state index contributed by atoms with van der Waals surface area (Å²) in [6.45, 7) is 0.422. The number of ether oxygens (including phenoxy) is 1. The van der Waals surface area contributed by atoms with Crippen LogP contribution in [0.1, 0.15) is 53.3 Å². The largest absolute Gasteiger partial charge is 0.493 e. The van der Waals surface area contributed by atoms with Crippen molar-refractivity contribution in [2.75, 3.05) is 6.61 Å². The summed E-state index contributed by atoms with van der Waals surface area (Å²) in [7, 11) is 0. The van der Waals surface area contributed by atoms with Crippen molar-refractivity contribution < 1.29 is 23.8 Å². The second kappa shape index (κ2) is 11.1. The summed E-state index contributed by atoms with van der Waals surface area (Å²) < 4.78 is 19.4. The molecule has 1 aromatic heterocycles. The third kappa shape index (κ3) is 5.75. The van der Waals surface area contributed by atoms with Crippen molar-refractivity contribution in [2.24, 2.45) is 0 Å². The number of unbranched alkanes of at least 4 members (excludes halogenated alkanes) is 1. The van der Waals surface area contributed by atoms with Crippen molar-refractivity contribution in [3.8, 4) is 17.0 Å². The van der Waals surface area contributed by atoms with Gasteiger partial charge in [-0.3, -0.25) is 9.59 Å². The van der Waals surface area contributed by atoms with Crippen LogP contribution in [0.15, 0.2) is 60.7 Å². The summed E-state index contributed by atoms with van der Waals surface area (Å²) in [5, 5.41) is 12.6. The van der Waals surface area contributed by atoms with E-state index in [9.17, 15) is 14.0 Å². The van der Waals surface area contributed by atoms with Gasteiger partial charge < -0.3 is 15.2 Å². The van der Waals surface area contributed by atoms with Gasteiger partial charge in [-0.05, 0) is 67.8 Å². The number of aryl methyl sites for hydroxylation is 1. The highest BCUT2D eigenvalue weighted by atomic mass is 35.5. The van der Waals surface area contributed by atoms with Gasteiger partial charge in [0.2, 0.25) is 0 Å². The van der Waals surface area contributed by atoms with E-state index in [-0.39, 0.29) is 24.2 Å². The molecule has 1 amide bonds. The van der Waals surface area contributed by atoms with Gasteiger partial charge in [-0.2, -0.15) is 0 Å². The standard InChI is InChI=1S/C29H25ClFN3O4/c30-19-8-5-17(6-9-19)28-24(3-1-2-4-27(35)36)32-25-15-18(7-11-23(25)33-28)29(37)34-22-13-14-38-26-12-10-20(31)16-21(22)26/h5-12,15-16,22H,1-4,13-14H2,(H,34,37)(H,35,36). The first kappa shape index (κ1) is 25.6. The maximum Gasteiger partial charge on any atom is 0.303 e. The maximum atomic E-state index is 13.8. The van der Waals surface area contributed by atoms with Crippen molar-refractivity contribution in [3.63, 3.8) is 0 Å². The minimum atomic E-state index is -0.835. The summed E-state index contributed by atoms with van der Waals surface area (Å²) >= 11 is 6.06. The van der Waals surface area contributed by atoms with E-state index >= 15 is 0 Å². The van der Waals surface area contributed by atoms with E-state index in [0.29, 0.717) is 70.9 Å². The van der Waals surface area contributed by atoms with Crippen molar-refractivity contribution >= 4 is 34.5 Å². The molecule has 38 heavy (non-hydrogen) atoms. The zero-order valence-corrected chi connectivity index (χ0v) is 21.2. The monoisotopic (exact) mass is 533 g/mol. The molecule has 3 aromatic carbocycles. The van der Waals surface area contributed by atoms with E-state index in [1.165, 1.54) is 12.1 Å². The number of carbonyl (C=O) groups excluding carboxylic acids is 1. The fraction of sp³-hybridized carbons (Fsp3) is 0.241. The quantitative estimate of drug-likeness (QED) is 0.264. The highest BCUT2D eigenvalue weighted by Gasteiger charge is 2.24. The number of hydrogen-bond acceptors (Lipinski definition) is 5. The topological polar surface area (TPSA) is 101 Å². The molecule has 2 N–H and O–H groups in total. The first-order valence-electron chi connectivity index (χ1n) is 12.4. The van der Waals surface area contributed by atoms with Gasteiger partial charge in [0.15, 0.2) is 0 Å². The molecule has 0 aliphatic carbocycles. The van der Waals surface area contributed by atoms with E-state index in [2.05, 4.69) is 5.32 Å². The molecule has 9 heteroatoms. The van der Waals surface area contributed by atoms with E-state index in [4.69, 9.17) is 31.4 Å². The molecule has 0 spiro atoms. The number of hydrogen-bond donors (Lipinski definition) is 2. The van der Waals surface area contributed by atoms with Crippen molar-refractivity contribution in [1.82, 2.24) is 15.3 Å². The normalized spacial score (nSPS) is 14.5. The number of rotatable bonds is 8. The Morgan fingerprint density at radius 2 is 1.84 bits per heavy atom. The molecule has 0 saturated carbocycles. The fourth-order valence-electron chi connectivity index (χ4n) is 4.57. The Labute approximate surface area is 223 Å². The summed E-state index contributed by atoms with van der Waals surface area (Å²) in [4.78, 5) is 33.8. The number of fused-ring (bicyclic) bond motifs is 2. The summed E-state index contributed by atoms with van der Waals surface area (Å²) in [5.74, 6) is -0.963. The number of carboxylic acid groups (broad SMARTS) is 1. The summed E-state index contributed by atoms with van der Waals surface area (Å²) in [6.07, 6.45) is 2.30. The van der Waals surface area contributed by atoms with Gasteiger partial charge in [0.05, 0.1) is 35.1 Å². The molecular weight excluding hydrogens is 509 g/mol. The lowest BCUT2D eigenvalue weighted by Gasteiger charge is -2.26. The third-order valence-electron chi connectivity index (χ3n) is 6.49. The minimum absolute atomic E-state index is 0.0842. The first-order chi connectivity index (χ1) is 18.4. The van der Waals surface area contributed by atoms with Crippen molar-refractivity contribution in [3.05, 3.63) is 88.3 Å². The Bertz CT molecular complexity index is 1510. The molecule has 0 fully saturated rings. The Hall–Kier alpha value is -4.04. The number of halogens is 2. The zero-order valence-electron chi connectivity index (χ0n) is 20.4. The Kier molecular flexibility index (Phi) is 7.51. The lowest BCUT2D eigenvalue weighted by atomic mass is 9.99. The van der Waals surface area contributed by atoms with Gasteiger partial charge in [0.25, 0.3) is 5.91 Å². The molecule has 1 aliphatic rings. The minimum Gasteiger partial charge on any atom is -0.493 e. The number of carbonyl (C=O) groups is 2. The van der Waals surface area contributed by atoms with Crippen molar-refractivity contribution in [2.45, 2.75) is 38.1 Å². The van der Waals surface area contributed by atoms with Crippen LogP contribution >= 0.6 is 11.6 Å². The van der Waals surface area contributed by atoms with Crippen LogP contribution in [-0.4, -0.2) is 33.6 Å². The molecule has 1 aliphatic heterocycles. The number of aliphatic carboxylic acids is 1. The van der Waals surface area contributed by atoms with E-state index in [1.807, 2.05) is 12.1 Å². The number of carboxylic acids is 1. The van der Waals surface area contributed by atoms with Crippen molar-refractivity contribution in [1.29, 1.82) is 0 Å². The molecule has 1 unspecified atom stereocenters. The van der Waals surface area contributed by atoms with Crippen LogP contribution in [0.2, 0.25) is 5.02 Å². The van der Waals surface area contributed by atoms with Crippen LogP contribution in [0.4, 0.5) is 4.39 Å². The number of aromatic nitrogens is 2. The molecular formula is C29H25ClFN3O4. The first-order valence-corrected chi connectivity index (χ1v) is 12.8. The molecule has 1 atom stereocenters. The second-order valence-electron chi connectivity index (χ2n) is 9.18. The van der Waals surface area contributed by atoms with Crippen LogP contribution in [0, 0.1) is 5.82 Å². The molecule has 7 nitrogen and oxygen atoms in total. The summed E-state index contributed by atoms with van der Waals surface area (Å²) in [6, 6.07) is 16.4. The molecule has 4 aromatic rings. The molecule has 0 saturated heterocycles. The maximum absolute atomic E-state index is 13.8. The SMILES string of the molecule is O=C(O)CCCCc1nc2cc(C(=O)NC3CCOc4ccc(F)cc43)ccc2nc1-c1ccc(Cl)cc1. The van der Waals surface area contributed by atoms with Gasteiger partial charge in [-0.15, -0.1) is 0 Å². The van der Waals surface area contributed by atoms with Crippen LogP contribution < -0.4 is 10.1 Å². The predicted octanol–water partition coefficient (Wildman–Crippen LogP) is 6.14. The molecule has 2 heterocycles. The number of nitrogens with one attached hydrogen (secondary N) is 1. The number of amides is 1. The average Bonchev–Trinajstić information content (AvgIpc) is 2.91. The number of benzene rings is 3. The molecule has 194 valence electrons. The van der Waals surface area contributed by atoms with Crippen LogP contribution in [0.25, 0.3) is 22.3 Å². The Morgan fingerprint density at radius 3 is 2.63 bits per heavy atom. The van der Waals surface area contributed by atoms with Gasteiger partial charge in [0.1, 0.15) is 11.6 Å². The van der Waals surface area contributed by atoms with Crippen LogP contribution in [0.3, 0.4) is 0 Å². The molecule has 0 radical (unpaired) electrons. The number of nitrogens with zero attached hydrogens (tertiary/aromatic N) is 2. The van der Waals surface area contributed by atoms with Gasteiger partial charge in [-0.1, -0.05) is 23.7 Å². The fourth-order valence-corrected chi connectivity index (χ4v) is 4.70. The average molecular weight is 534 g/mol. The molecule has 5 rings (SSSR count). The summed E-state index contributed by atoms with van der Waals surface area (Å²) in [5.41, 5.74) is 4.47. The predicted molar refractivity (Wildman–Crippen MR) is 142 cm³/mol. The van der Waals surface area contributed by atoms with Gasteiger partial charge in [-0.25, -0.2) is 14.4 Å². The van der Waals surface area contributed by atoms with E-state index in [0.717, 1.165) is 11.3 Å².